The van der Waals surface area contributed by atoms with E-state index >= 15 is 0 Å². The summed E-state index contributed by atoms with van der Waals surface area (Å²) in [4.78, 5) is 0. The minimum absolute atomic E-state index is 1.21. The van der Waals surface area contributed by atoms with Gasteiger partial charge >= 0.3 is 0 Å². The van der Waals surface area contributed by atoms with Crippen molar-refractivity contribution < 1.29 is 0 Å². The van der Waals surface area contributed by atoms with Crippen molar-refractivity contribution in [2.75, 3.05) is 0 Å². The number of benzene rings is 9. The smallest absolute Gasteiger partial charge is 0.0549 e. The third kappa shape index (κ3) is 3.36. The van der Waals surface area contributed by atoms with Gasteiger partial charge in [0.1, 0.15) is 0 Å². The molecular weight excluding hydrogens is 581 g/mol. The monoisotopic (exact) mass is 608 g/mol. The van der Waals surface area contributed by atoms with Crippen LogP contribution < -0.4 is 0 Å². The van der Waals surface area contributed by atoms with Gasteiger partial charge in [-0.1, -0.05) is 133 Å². The molecule has 0 aliphatic carbocycles. The maximum absolute atomic E-state index is 2.50. The third-order valence-electron chi connectivity index (χ3n) is 10.4. The van der Waals surface area contributed by atoms with Gasteiger partial charge in [0.2, 0.25) is 0 Å². The van der Waals surface area contributed by atoms with Crippen LogP contribution in [0.25, 0.3) is 98.1 Å². The van der Waals surface area contributed by atoms with Gasteiger partial charge in [-0.05, 0) is 68.7 Å². The topological polar surface area (TPSA) is 9.86 Å². The third-order valence-corrected chi connectivity index (χ3v) is 10.4. The Labute approximate surface area is 276 Å². The highest BCUT2D eigenvalue weighted by atomic mass is 15.0. The van der Waals surface area contributed by atoms with Crippen molar-refractivity contribution in [3.05, 3.63) is 170 Å². The molecule has 48 heavy (non-hydrogen) atoms. The predicted octanol–water partition coefficient (Wildman–Crippen LogP) is 12.5. The first-order valence-corrected chi connectivity index (χ1v) is 16.6. The lowest BCUT2D eigenvalue weighted by Gasteiger charge is -2.15. The van der Waals surface area contributed by atoms with Gasteiger partial charge < -0.3 is 9.13 Å². The van der Waals surface area contributed by atoms with E-state index in [-0.39, 0.29) is 0 Å². The summed E-state index contributed by atoms with van der Waals surface area (Å²) in [6, 6.07) is 62.5. The molecule has 0 saturated heterocycles. The number of para-hydroxylation sites is 2. The Kier molecular flexibility index (Phi) is 5.14. The van der Waals surface area contributed by atoms with Crippen LogP contribution in [0.1, 0.15) is 0 Å². The minimum Gasteiger partial charge on any atom is -0.309 e. The van der Waals surface area contributed by atoms with Crippen molar-refractivity contribution in [3.8, 4) is 11.4 Å². The summed E-state index contributed by atoms with van der Waals surface area (Å²) in [7, 11) is 0. The van der Waals surface area contributed by atoms with E-state index in [1.807, 2.05) is 0 Å². The van der Waals surface area contributed by atoms with Crippen LogP contribution in [0.4, 0.5) is 0 Å². The molecule has 2 heterocycles. The standard InChI is InChI=1S/C46H28N2/c1-3-15-31-29(13-1)27-43(35-19-7-5-17-33(31)35)47-39-23-11-9-21-37(39)45-41(47)25-26-42-46(45)38-22-10-12-24-40(38)48(42)44-28-30-14-2-4-16-32(30)34-18-6-8-20-36(34)44/h1-28H. The highest BCUT2D eigenvalue weighted by molar-refractivity contribution is 6.30. The average Bonchev–Trinajstić information content (AvgIpc) is 3.67. The fourth-order valence-electron chi connectivity index (χ4n) is 8.48. The molecule has 0 bridgehead atoms. The molecule has 11 aromatic rings. The highest BCUT2D eigenvalue weighted by Gasteiger charge is 2.22. The largest absolute Gasteiger partial charge is 0.309 e. The van der Waals surface area contributed by atoms with Gasteiger partial charge in [-0.25, -0.2) is 0 Å². The molecule has 0 aliphatic rings. The molecule has 0 spiro atoms. The van der Waals surface area contributed by atoms with Gasteiger partial charge in [0.05, 0.1) is 33.4 Å². The quantitative estimate of drug-likeness (QED) is 0.173. The molecule has 0 unspecified atom stereocenters. The van der Waals surface area contributed by atoms with Crippen molar-refractivity contribution >= 4 is 86.7 Å². The number of rotatable bonds is 2. The van der Waals surface area contributed by atoms with Gasteiger partial charge in [-0.15, -0.1) is 0 Å². The molecule has 0 saturated carbocycles. The lowest BCUT2D eigenvalue weighted by molar-refractivity contribution is 1.19. The average molecular weight is 609 g/mol. The maximum Gasteiger partial charge on any atom is 0.0549 e. The Morgan fingerprint density at radius 2 is 0.583 bits per heavy atom. The van der Waals surface area contributed by atoms with Crippen molar-refractivity contribution in [2.24, 2.45) is 0 Å². The molecule has 11 rings (SSSR count). The molecular formula is C46H28N2. The fraction of sp³-hybridized carbons (Fsp3) is 0. The van der Waals surface area contributed by atoms with Crippen LogP contribution in [0.5, 0.6) is 0 Å². The van der Waals surface area contributed by atoms with Crippen LogP contribution in [-0.2, 0) is 0 Å². The predicted molar refractivity (Wildman–Crippen MR) is 205 cm³/mol. The summed E-state index contributed by atoms with van der Waals surface area (Å²) in [5, 5.41) is 15.2. The van der Waals surface area contributed by atoms with Crippen LogP contribution in [0, 0.1) is 0 Å². The summed E-state index contributed by atoms with van der Waals surface area (Å²) in [6.07, 6.45) is 0. The molecule has 0 amide bonds. The van der Waals surface area contributed by atoms with Crippen molar-refractivity contribution in [3.63, 3.8) is 0 Å². The van der Waals surface area contributed by atoms with Gasteiger partial charge in [0.15, 0.2) is 0 Å². The SMILES string of the molecule is c1ccc2c(c1)cc(-n1c3ccccc3c3c4c5ccccc5n(-c5cc6ccccc6c6ccccc56)c4ccc31)c1ccccc12. The Bertz CT molecular complexity index is 2910. The Morgan fingerprint density at radius 1 is 0.250 bits per heavy atom. The normalized spacial score (nSPS) is 12.2. The number of aromatic nitrogens is 2. The van der Waals surface area contributed by atoms with Crippen molar-refractivity contribution in [1.82, 2.24) is 9.13 Å². The van der Waals surface area contributed by atoms with Crippen LogP contribution in [0.3, 0.4) is 0 Å². The van der Waals surface area contributed by atoms with Gasteiger partial charge in [-0.3, -0.25) is 0 Å². The first kappa shape index (κ1) is 25.8. The second kappa shape index (κ2) is 9.57. The lowest BCUT2D eigenvalue weighted by Crippen LogP contribution is -1.97. The Hall–Kier alpha value is -6.38. The summed E-state index contributed by atoms with van der Waals surface area (Å²) >= 11 is 0. The van der Waals surface area contributed by atoms with Crippen molar-refractivity contribution in [2.45, 2.75) is 0 Å². The van der Waals surface area contributed by atoms with E-state index in [1.54, 1.807) is 0 Å². The van der Waals surface area contributed by atoms with Crippen molar-refractivity contribution in [1.29, 1.82) is 0 Å². The Morgan fingerprint density at radius 3 is 1.02 bits per heavy atom. The van der Waals surface area contributed by atoms with E-state index in [0.717, 1.165) is 0 Å². The van der Waals surface area contributed by atoms with E-state index in [1.165, 1.54) is 98.1 Å². The molecule has 2 heteroatoms. The van der Waals surface area contributed by atoms with E-state index in [9.17, 15) is 0 Å². The lowest BCUT2D eigenvalue weighted by atomic mass is 10.00. The first-order valence-electron chi connectivity index (χ1n) is 16.6. The molecule has 0 N–H and O–H groups in total. The minimum atomic E-state index is 1.21. The molecule has 0 radical (unpaired) electrons. The molecule has 0 atom stereocenters. The zero-order valence-electron chi connectivity index (χ0n) is 26.1. The van der Waals surface area contributed by atoms with E-state index in [4.69, 9.17) is 0 Å². The van der Waals surface area contributed by atoms with Gasteiger partial charge in [0, 0.05) is 32.3 Å². The number of nitrogens with zero attached hydrogens (tertiary/aromatic N) is 2. The van der Waals surface area contributed by atoms with E-state index in [0.29, 0.717) is 0 Å². The van der Waals surface area contributed by atoms with E-state index in [2.05, 4.69) is 179 Å². The van der Waals surface area contributed by atoms with Gasteiger partial charge in [-0.2, -0.15) is 0 Å². The molecule has 2 aromatic heterocycles. The fourth-order valence-corrected chi connectivity index (χ4v) is 8.48. The second-order valence-corrected chi connectivity index (χ2v) is 12.9. The molecule has 0 aliphatic heterocycles. The number of hydrogen-bond donors (Lipinski definition) is 0. The second-order valence-electron chi connectivity index (χ2n) is 12.9. The van der Waals surface area contributed by atoms with Gasteiger partial charge in [0.25, 0.3) is 0 Å². The summed E-state index contributed by atoms with van der Waals surface area (Å²) < 4.78 is 4.99. The zero-order valence-corrected chi connectivity index (χ0v) is 26.1. The summed E-state index contributed by atoms with van der Waals surface area (Å²) in [5.74, 6) is 0. The first-order chi connectivity index (χ1) is 23.8. The summed E-state index contributed by atoms with van der Waals surface area (Å²) in [5.41, 5.74) is 7.28. The zero-order chi connectivity index (χ0) is 31.3. The van der Waals surface area contributed by atoms with Crippen LogP contribution in [0.15, 0.2) is 170 Å². The number of fused-ring (bicyclic) bond motifs is 13. The number of hydrogen-bond acceptors (Lipinski definition) is 0. The molecule has 2 nitrogen and oxygen atoms in total. The Balaban J connectivity index is 1.33. The highest BCUT2D eigenvalue weighted by Crippen LogP contribution is 2.45. The molecule has 0 fully saturated rings. The summed E-state index contributed by atoms with van der Waals surface area (Å²) in [6.45, 7) is 0. The molecule has 222 valence electrons. The molecule has 9 aromatic carbocycles. The maximum atomic E-state index is 2.50. The van der Waals surface area contributed by atoms with Crippen LogP contribution >= 0.6 is 0 Å². The van der Waals surface area contributed by atoms with Crippen LogP contribution in [-0.4, -0.2) is 9.13 Å². The van der Waals surface area contributed by atoms with Crippen LogP contribution in [0.2, 0.25) is 0 Å². The van der Waals surface area contributed by atoms with E-state index < -0.39 is 0 Å².